The molecule has 0 spiro atoms. The molecule has 2 aromatic carbocycles. The third kappa shape index (κ3) is 4.18. The Balaban J connectivity index is 2.08. The van der Waals surface area contributed by atoms with Crippen molar-refractivity contribution in [2.75, 3.05) is 16.7 Å². The van der Waals surface area contributed by atoms with Gasteiger partial charge in [0.25, 0.3) is 0 Å². The SMILES string of the molecule is CSc1ccc(NS(=O)(=O)Cc2ccc(N)cc2)cc1. The van der Waals surface area contributed by atoms with Gasteiger partial charge < -0.3 is 5.73 Å². The molecule has 0 aliphatic heterocycles. The van der Waals surface area contributed by atoms with Crippen molar-refractivity contribution in [3.8, 4) is 0 Å². The second-order valence-corrected chi connectivity index (χ2v) is 6.93. The third-order valence-electron chi connectivity index (χ3n) is 2.70. The molecule has 0 fully saturated rings. The summed E-state index contributed by atoms with van der Waals surface area (Å²) >= 11 is 1.61. The van der Waals surface area contributed by atoms with E-state index in [2.05, 4.69) is 4.72 Å². The molecule has 0 bridgehead atoms. The van der Waals surface area contributed by atoms with Crippen molar-refractivity contribution in [3.05, 3.63) is 54.1 Å². The Morgan fingerprint density at radius 1 is 1.05 bits per heavy atom. The van der Waals surface area contributed by atoms with Gasteiger partial charge in [-0.2, -0.15) is 0 Å². The van der Waals surface area contributed by atoms with Gasteiger partial charge in [0, 0.05) is 16.3 Å². The average Bonchev–Trinajstić information content (AvgIpc) is 2.41. The minimum absolute atomic E-state index is 0.0719. The standard InChI is InChI=1S/C14H16N2O2S2/c1-19-14-8-6-13(7-9-14)16-20(17,18)10-11-2-4-12(15)5-3-11/h2-9,16H,10,15H2,1H3. The fourth-order valence-electron chi connectivity index (χ4n) is 1.71. The summed E-state index contributed by atoms with van der Waals surface area (Å²) in [5.74, 6) is -0.0719. The Labute approximate surface area is 123 Å². The molecule has 0 saturated carbocycles. The Bertz CT molecular complexity index is 665. The lowest BCUT2D eigenvalue weighted by molar-refractivity contribution is 0.600. The lowest BCUT2D eigenvalue weighted by Gasteiger charge is -2.08. The van der Waals surface area contributed by atoms with E-state index in [4.69, 9.17) is 5.73 Å². The first kappa shape index (κ1) is 14.7. The van der Waals surface area contributed by atoms with Crippen molar-refractivity contribution in [1.82, 2.24) is 0 Å². The number of nitrogens with one attached hydrogen (secondary N) is 1. The van der Waals surface area contributed by atoms with Gasteiger partial charge in [0.15, 0.2) is 0 Å². The Morgan fingerprint density at radius 2 is 1.65 bits per heavy atom. The normalized spacial score (nSPS) is 11.2. The second kappa shape index (κ2) is 6.19. The maximum absolute atomic E-state index is 12.1. The lowest BCUT2D eigenvalue weighted by atomic mass is 10.2. The van der Waals surface area contributed by atoms with Gasteiger partial charge in [-0.1, -0.05) is 12.1 Å². The van der Waals surface area contributed by atoms with Crippen LogP contribution in [-0.2, 0) is 15.8 Å². The molecule has 0 aliphatic rings. The van der Waals surface area contributed by atoms with Crippen molar-refractivity contribution in [3.63, 3.8) is 0 Å². The van der Waals surface area contributed by atoms with Crippen LogP contribution >= 0.6 is 11.8 Å². The number of benzene rings is 2. The van der Waals surface area contributed by atoms with Crippen LogP contribution in [-0.4, -0.2) is 14.7 Å². The molecule has 0 atom stereocenters. The van der Waals surface area contributed by atoms with E-state index >= 15 is 0 Å². The maximum Gasteiger partial charge on any atom is 0.236 e. The first-order valence-corrected chi connectivity index (χ1v) is 8.85. The number of hydrogen-bond donors (Lipinski definition) is 2. The molecule has 4 nitrogen and oxygen atoms in total. The summed E-state index contributed by atoms with van der Waals surface area (Å²) in [6.45, 7) is 0. The van der Waals surface area contributed by atoms with E-state index in [1.54, 1.807) is 48.2 Å². The molecule has 20 heavy (non-hydrogen) atoms. The van der Waals surface area contributed by atoms with Crippen LogP contribution in [0.25, 0.3) is 0 Å². The average molecular weight is 308 g/mol. The quantitative estimate of drug-likeness (QED) is 0.658. The van der Waals surface area contributed by atoms with Gasteiger partial charge >= 0.3 is 0 Å². The molecule has 0 aliphatic carbocycles. The Morgan fingerprint density at radius 3 is 2.20 bits per heavy atom. The van der Waals surface area contributed by atoms with Crippen molar-refractivity contribution in [2.24, 2.45) is 0 Å². The minimum Gasteiger partial charge on any atom is -0.399 e. The topological polar surface area (TPSA) is 72.2 Å². The summed E-state index contributed by atoms with van der Waals surface area (Å²) < 4.78 is 26.7. The van der Waals surface area contributed by atoms with Gasteiger partial charge in [0.05, 0.1) is 5.75 Å². The molecule has 0 unspecified atom stereocenters. The number of hydrogen-bond acceptors (Lipinski definition) is 4. The second-order valence-electron chi connectivity index (χ2n) is 4.33. The number of nitrogen functional groups attached to an aromatic ring is 1. The predicted octanol–water partition coefficient (Wildman–Crippen LogP) is 2.93. The number of nitrogens with two attached hydrogens (primary N) is 1. The fraction of sp³-hybridized carbons (Fsp3) is 0.143. The summed E-state index contributed by atoms with van der Waals surface area (Å²) in [5.41, 5.74) is 7.46. The number of sulfonamides is 1. The van der Waals surface area contributed by atoms with E-state index < -0.39 is 10.0 Å². The Kier molecular flexibility index (Phi) is 4.57. The molecule has 0 amide bonds. The van der Waals surface area contributed by atoms with Crippen molar-refractivity contribution >= 4 is 33.2 Å². The van der Waals surface area contributed by atoms with Gasteiger partial charge in [-0.3, -0.25) is 4.72 Å². The van der Waals surface area contributed by atoms with Crippen LogP contribution in [0.15, 0.2) is 53.4 Å². The maximum atomic E-state index is 12.1. The molecule has 0 radical (unpaired) electrons. The molecular weight excluding hydrogens is 292 g/mol. The summed E-state index contributed by atoms with van der Waals surface area (Å²) in [5, 5.41) is 0. The zero-order valence-corrected chi connectivity index (χ0v) is 12.7. The minimum atomic E-state index is -3.42. The fourth-order valence-corrected chi connectivity index (χ4v) is 3.31. The van der Waals surface area contributed by atoms with Gasteiger partial charge in [-0.15, -0.1) is 11.8 Å². The molecule has 0 aromatic heterocycles. The van der Waals surface area contributed by atoms with Crippen LogP contribution < -0.4 is 10.5 Å². The number of rotatable bonds is 5. The zero-order valence-electron chi connectivity index (χ0n) is 11.0. The summed E-state index contributed by atoms with van der Waals surface area (Å²) in [4.78, 5) is 1.09. The molecule has 6 heteroatoms. The van der Waals surface area contributed by atoms with Crippen LogP contribution in [0.3, 0.4) is 0 Å². The molecule has 2 rings (SSSR count). The van der Waals surface area contributed by atoms with Gasteiger partial charge in [-0.25, -0.2) is 8.42 Å². The highest BCUT2D eigenvalue weighted by Gasteiger charge is 2.11. The van der Waals surface area contributed by atoms with Crippen LogP contribution in [0.5, 0.6) is 0 Å². The van der Waals surface area contributed by atoms with Crippen LogP contribution in [0.1, 0.15) is 5.56 Å². The monoisotopic (exact) mass is 308 g/mol. The highest BCUT2D eigenvalue weighted by Crippen LogP contribution is 2.19. The highest BCUT2D eigenvalue weighted by atomic mass is 32.2. The van der Waals surface area contributed by atoms with E-state index in [1.807, 2.05) is 18.4 Å². The van der Waals surface area contributed by atoms with Crippen molar-refractivity contribution in [2.45, 2.75) is 10.6 Å². The molecule has 0 saturated heterocycles. The summed E-state index contributed by atoms with van der Waals surface area (Å²) in [7, 11) is -3.42. The summed E-state index contributed by atoms with van der Waals surface area (Å²) in [6, 6.07) is 14.1. The van der Waals surface area contributed by atoms with Crippen molar-refractivity contribution < 1.29 is 8.42 Å². The third-order valence-corrected chi connectivity index (χ3v) is 4.70. The van der Waals surface area contributed by atoms with Crippen LogP contribution in [0.4, 0.5) is 11.4 Å². The number of anilines is 2. The van der Waals surface area contributed by atoms with Crippen LogP contribution in [0, 0.1) is 0 Å². The number of thioether (sulfide) groups is 1. The zero-order chi connectivity index (χ0) is 14.6. The van der Waals surface area contributed by atoms with E-state index in [0.717, 1.165) is 4.90 Å². The molecular formula is C14H16N2O2S2. The van der Waals surface area contributed by atoms with Gasteiger partial charge in [0.2, 0.25) is 10.0 Å². The molecule has 0 heterocycles. The highest BCUT2D eigenvalue weighted by molar-refractivity contribution is 7.98. The predicted molar refractivity (Wildman–Crippen MR) is 85.3 cm³/mol. The summed E-state index contributed by atoms with van der Waals surface area (Å²) in [6.07, 6.45) is 1.97. The first-order chi connectivity index (χ1) is 9.48. The molecule has 2 aromatic rings. The van der Waals surface area contributed by atoms with Gasteiger partial charge in [-0.05, 0) is 48.2 Å². The lowest BCUT2D eigenvalue weighted by Crippen LogP contribution is -2.15. The van der Waals surface area contributed by atoms with E-state index in [-0.39, 0.29) is 5.75 Å². The first-order valence-electron chi connectivity index (χ1n) is 5.97. The largest absolute Gasteiger partial charge is 0.399 e. The molecule has 106 valence electrons. The van der Waals surface area contributed by atoms with Crippen LogP contribution in [0.2, 0.25) is 0 Å². The van der Waals surface area contributed by atoms with E-state index in [9.17, 15) is 8.42 Å². The van der Waals surface area contributed by atoms with Crippen molar-refractivity contribution in [1.29, 1.82) is 0 Å². The Hall–Kier alpha value is -1.66. The van der Waals surface area contributed by atoms with E-state index in [0.29, 0.717) is 16.9 Å². The smallest absolute Gasteiger partial charge is 0.236 e. The van der Waals surface area contributed by atoms with E-state index in [1.165, 1.54) is 0 Å². The van der Waals surface area contributed by atoms with Gasteiger partial charge in [0.1, 0.15) is 0 Å². The molecule has 3 N–H and O–H groups in total.